The number of piperidine rings is 1. The summed E-state index contributed by atoms with van der Waals surface area (Å²) in [4.78, 5) is 29.0. The first-order valence-corrected chi connectivity index (χ1v) is 14.9. The number of carbonyl (C=O) groups is 2. The van der Waals surface area contributed by atoms with E-state index in [-0.39, 0.29) is 18.1 Å². The molecule has 1 N–H and O–H groups in total. The van der Waals surface area contributed by atoms with E-state index in [1.807, 2.05) is 52.0 Å². The van der Waals surface area contributed by atoms with E-state index in [1.54, 1.807) is 12.1 Å². The molecule has 2 aliphatic heterocycles. The first-order chi connectivity index (χ1) is 21.6. The first-order valence-electron chi connectivity index (χ1n) is 14.9. The largest absolute Gasteiger partial charge is 0.486 e. The Kier molecular flexibility index (Phi) is 6.21. The molecule has 10 nitrogen and oxygen atoms in total. The Hall–Kier alpha value is -5.38. The summed E-state index contributed by atoms with van der Waals surface area (Å²) >= 11 is 0. The number of rotatable bonds is 4. The molecule has 1 fully saturated rings. The molecule has 0 radical (unpaired) electrons. The Morgan fingerprint density at radius 1 is 0.977 bits per heavy atom. The van der Waals surface area contributed by atoms with Crippen LogP contribution < -0.4 is 4.74 Å². The lowest BCUT2D eigenvalue weighted by Crippen LogP contribution is -2.52. The predicted octanol–water partition coefficient (Wildman–Crippen LogP) is 5.71. The van der Waals surface area contributed by atoms with Crippen molar-refractivity contribution in [1.82, 2.24) is 35.3 Å². The summed E-state index contributed by atoms with van der Waals surface area (Å²) in [7, 11) is 0. The summed E-state index contributed by atoms with van der Waals surface area (Å²) in [6.07, 6.45) is 9.58. The number of ketones is 1. The molecule has 2 aromatic heterocycles. The molecule has 8 rings (SSSR count). The number of amides is 1. The number of likely N-dealkylation sites (tertiary alicyclic amines) is 1. The lowest BCUT2D eigenvalue weighted by molar-refractivity contribution is -0.00569. The number of ether oxygens (including phenoxy) is 1. The molecule has 0 unspecified atom stereocenters. The summed E-state index contributed by atoms with van der Waals surface area (Å²) in [5.74, 6) is 0.988. The van der Waals surface area contributed by atoms with E-state index in [0.717, 1.165) is 40.7 Å². The number of benzene rings is 3. The lowest BCUT2D eigenvalue weighted by atomic mass is 9.82. The van der Waals surface area contributed by atoms with Gasteiger partial charge < -0.3 is 9.64 Å². The van der Waals surface area contributed by atoms with Crippen molar-refractivity contribution in [2.24, 2.45) is 0 Å². The van der Waals surface area contributed by atoms with E-state index in [2.05, 4.69) is 51.0 Å². The number of aromatic amines is 1. The molecule has 1 amide bonds. The van der Waals surface area contributed by atoms with Crippen LogP contribution in [0, 0.1) is 0 Å². The third-order valence-corrected chi connectivity index (χ3v) is 8.89. The molecule has 3 aromatic carbocycles. The van der Waals surface area contributed by atoms with Crippen molar-refractivity contribution in [2.45, 2.75) is 37.7 Å². The number of fused-ring (bicyclic) bond motifs is 2. The Morgan fingerprint density at radius 3 is 2.61 bits per heavy atom. The van der Waals surface area contributed by atoms with Gasteiger partial charge in [-0.2, -0.15) is 10.3 Å². The molecule has 1 spiro atoms. The molecule has 3 aliphatic rings. The normalized spacial score (nSPS) is 17.4. The van der Waals surface area contributed by atoms with Crippen LogP contribution >= 0.6 is 0 Å². The Labute approximate surface area is 253 Å². The van der Waals surface area contributed by atoms with Gasteiger partial charge in [-0.25, -0.2) is 4.68 Å². The van der Waals surface area contributed by atoms with Crippen LogP contribution in [0.5, 0.6) is 5.75 Å². The molecule has 4 heterocycles. The molecule has 0 atom stereocenters. The Morgan fingerprint density at radius 2 is 1.84 bits per heavy atom. The molecule has 0 saturated carbocycles. The maximum atomic E-state index is 13.8. The van der Waals surface area contributed by atoms with Gasteiger partial charge in [0.15, 0.2) is 5.78 Å². The molecule has 10 heteroatoms. The van der Waals surface area contributed by atoms with Crippen molar-refractivity contribution in [1.29, 1.82) is 0 Å². The van der Waals surface area contributed by atoms with Crippen molar-refractivity contribution >= 4 is 28.3 Å². The number of H-pyrrole nitrogens is 1. The molecule has 44 heavy (non-hydrogen) atoms. The summed E-state index contributed by atoms with van der Waals surface area (Å²) in [6.45, 7) is 1.01. The van der Waals surface area contributed by atoms with Crippen LogP contribution in [0.4, 0.5) is 0 Å². The summed E-state index contributed by atoms with van der Waals surface area (Å²) < 4.78 is 8.47. The average Bonchev–Trinajstić information content (AvgIpc) is 3.74. The first kappa shape index (κ1) is 26.3. The van der Waals surface area contributed by atoms with Gasteiger partial charge in [-0.3, -0.25) is 9.59 Å². The van der Waals surface area contributed by atoms with Crippen molar-refractivity contribution in [2.75, 3.05) is 13.1 Å². The number of nitrogens with zero attached hydrogens (tertiary/aromatic N) is 6. The fourth-order valence-electron chi connectivity index (χ4n) is 6.54. The van der Waals surface area contributed by atoms with Gasteiger partial charge in [-0.1, -0.05) is 42.5 Å². The molecule has 218 valence electrons. The smallest absolute Gasteiger partial charge is 0.253 e. The molecular weight excluding hydrogens is 554 g/mol. The zero-order valence-electron chi connectivity index (χ0n) is 23.9. The second kappa shape index (κ2) is 10.4. The number of tetrazole rings is 1. The van der Waals surface area contributed by atoms with Gasteiger partial charge in [0.25, 0.3) is 5.91 Å². The number of Topliss-reactive ketones (excluding diaryl/α,β-unsaturated/α-hetero) is 1. The standard InChI is InChI=1S/C34H29N7O3/c42-29-21-34(44-30-14-12-23(19-27(29)30)32-35-38-39-36-32)15-17-40(18-16-34)33(43)24-11-13-26-28(20-24)41(25-9-5-2-6-10-25)37-31(26)22-7-3-1-4-8-22/h1-5,7-9,11-14,19-20H,6,10,15-18,21H2,(H,35,36,38,39). The SMILES string of the molecule is O=C1CC2(CCN(C(=O)c3ccc4c(-c5ccccc5)nn(C5=CC=CCC5)c4c3)CC2)Oc2ccc(-c3nn[nH]n3)cc21. The highest BCUT2D eigenvalue weighted by Gasteiger charge is 2.44. The van der Waals surface area contributed by atoms with Crippen molar-refractivity contribution in [3.63, 3.8) is 0 Å². The lowest BCUT2D eigenvalue weighted by Gasteiger charge is -2.44. The van der Waals surface area contributed by atoms with Crippen LogP contribution in [0.15, 0.2) is 85.0 Å². The van der Waals surface area contributed by atoms with E-state index in [1.165, 1.54) is 0 Å². The third-order valence-electron chi connectivity index (χ3n) is 8.89. The number of carbonyl (C=O) groups excluding carboxylic acids is 2. The van der Waals surface area contributed by atoms with Crippen LogP contribution in [0.2, 0.25) is 0 Å². The number of nitrogens with one attached hydrogen (secondary N) is 1. The molecular formula is C34H29N7O3. The fraction of sp³-hybridized carbons (Fsp3) is 0.235. The second-order valence-electron chi connectivity index (χ2n) is 11.6. The van der Waals surface area contributed by atoms with Gasteiger partial charge >= 0.3 is 0 Å². The monoisotopic (exact) mass is 583 g/mol. The number of hydrogen-bond acceptors (Lipinski definition) is 7. The predicted molar refractivity (Wildman–Crippen MR) is 165 cm³/mol. The summed E-state index contributed by atoms with van der Waals surface area (Å²) in [5, 5.41) is 20.1. The minimum absolute atomic E-state index is 0.0242. The van der Waals surface area contributed by atoms with Gasteiger partial charge in [-0.05, 0) is 60.5 Å². The topological polar surface area (TPSA) is 119 Å². The van der Waals surface area contributed by atoms with Gasteiger partial charge in [0, 0.05) is 53.7 Å². The van der Waals surface area contributed by atoms with Crippen molar-refractivity contribution < 1.29 is 14.3 Å². The van der Waals surface area contributed by atoms with Gasteiger partial charge in [0.1, 0.15) is 17.0 Å². The second-order valence-corrected chi connectivity index (χ2v) is 11.6. The number of hydrogen-bond donors (Lipinski definition) is 1. The number of allylic oxidation sites excluding steroid dienone is 4. The summed E-state index contributed by atoms with van der Waals surface area (Å²) in [6, 6.07) is 21.4. The molecule has 5 aromatic rings. The minimum Gasteiger partial charge on any atom is -0.486 e. The van der Waals surface area contributed by atoms with E-state index < -0.39 is 5.60 Å². The average molecular weight is 584 g/mol. The Bertz CT molecular complexity index is 1970. The molecule has 0 bridgehead atoms. The highest BCUT2D eigenvalue weighted by atomic mass is 16.5. The van der Waals surface area contributed by atoms with E-state index in [9.17, 15) is 9.59 Å². The summed E-state index contributed by atoms with van der Waals surface area (Å²) in [5.41, 5.74) is 5.20. The highest BCUT2D eigenvalue weighted by Crippen LogP contribution is 2.41. The third kappa shape index (κ3) is 4.50. The van der Waals surface area contributed by atoms with Crippen LogP contribution in [-0.4, -0.2) is 65.7 Å². The van der Waals surface area contributed by atoms with Crippen LogP contribution in [-0.2, 0) is 0 Å². The van der Waals surface area contributed by atoms with Gasteiger partial charge in [-0.15, -0.1) is 10.2 Å². The van der Waals surface area contributed by atoms with Crippen LogP contribution in [0.25, 0.3) is 39.2 Å². The van der Waals surface area contributed by atoms with Crippen LogP contribution in [0.3, 0.4) is 0 Å². The maximum absolute atomic E-state index is 13.8. The Balaban J connectivity index is 1.04. The van der Waals surface area contributed by atoms with E-state index in [4.69, 9.17) is 9.84 Å². The minimum atomic E-state index is -0.622. The molecule has 1 aliphatic carbocycles. The van der Waals surface area contributed by atoms with Crippen molar-refractivity contribution in [3.8, 4) is 28.4 Å². The maximum Gasteiger partial charge on any atom is 0.253 e. The molecule has 1 saturated heterocycles. The fourth-order valence-corrected chi connectivity index (χ4v) is 6.54. The zero-order valence-corrected chi connectivity index (χ0v) is 23.9. The van der Waals surface area contributed by atoms with Gasteiger partial charge in [0.05, 0.1) is 17.5 Å². The zero-order chi connectivity index (χ0) is 29.7. The van der Waals surface area contributed by atoms with E-state index >= 15 is 0 Å². The van der Waals surface area contributed by atoms with E-state index in [0.29, 0.717) is 54.2 Å². The highest BCUT2D eigenvalue weighted by molar-refractivity contribution is 6.03. The van der Waals surface area contributed by atoms with Crippen molar-refractivity contribution in [3.05, 3.63) is 96.1 Å². The quantitative estimate of drug-likeness (QED) is 0.288. The van der Waals surface area contributed by atoms with Crippen LogP contribution in [0.1, 0.15) is 52.8 Å². The number of aromatic nitrogens is 6. The van der Waals surface area contributed by atoms with Gasteiger partial charge in [0.2, 0.25) is 5.82 Å².